The highest BCUT2D eigenvalue weighted by molar-refractivity contribution is 8.02. The van der Waals surface area contributed by atoms with Gasteiger partial charge in [-0.3, -0.25) is 5.10 Å². The number of benzene rings is 1. The van der Waals surface area contributed by atoms with Crippen molar-refractivity contribution in [2.45, 2.75) is 26.7 Å². The SMILES string of the molecule is CC(C)Cc1cc(OCCC2C=CSC2)c2[nH]nc(N)c2c1. The highest BCUT2D eigenvalue weighted by Crippen LogP contribution is 2.31. The number of H-pyrrole nitrogens is 1. The van der Waals surface area contributed by atoms with Crippen LogP contribution >= 0.6 is 11.8 Å². The number of anilines is 1. The minimum absolute atomic E-state index is 0.542. The molecule has 4 nitrogen and oxygen atoms in total. The molecule has 1 aliphatic heterocycles. The molecule has 0 amide bonds. The van der Waals surface area contributed by atoms with E-state index in [1.807, 2.05) is 11.8 Å². The lowest BCUT2D eigenvalue weighted by molar-refractivity contribution is 0.300. The van der Waals surface area contributed by atoms with Crippen LogP contribution in [-0.4, -0.2) is 22.6 Å². The Bertz CT molecular complexity index is 678. The lowest BCUT2D eigenvalue weighted by Crippen LogP contribution is -2.06. The first-order valence-electron chi connectivity index (χ1n) is 7.81. The fraction of sp³-hybridized carbons (Fsp3) is 0.471. The molecule has 3 rings (SSSR count). The predicted octanol–water partition coefficient (Wildman–Crippen LogP) is 3.99. The lowest BCUT2D eigenvalue weighted by Gasteiger charge is -2.12. The van der Waals surface area contributed by atoms with Crippen LogP contribution in [-0.2, 0) is 6.42 Å². The third-order valence-corrected chi connectivity index (χ3v) is 4.84. The summed E-state index contributed by atoms with van der Waals surface area (Å²) in [6.45, 7) is 5.15. The molecule has 0 spiro atoms. The Labute approximate surface area is 135 Å². The van der Waals surface area contributed by atoms with E-state index >= 15 is 0 Å². The predicted molar refractivity (Wildman–Crippen MR) is 94.2 cm³/mol. The average molecular weight is 317 g/mol. The minimum Gasteiger partial charge on any atom is -0.491 e. The highest BCUT2D eigenvalue weighted by atomic mass is 32.2. The summed E-state index contributed by atoms with van der Waals surface area (Å²) < 4.78 is 6.05. The van der Waals surface area contributed by atoms with Gasteiger partial charge in [-0.2, -0.15) is 5.10 Å². The van der Waals surface area contributed by atoms with Gasteiger partial charge < -0.3 is 10.5 Å². The summed E-state index contributed by atoms with van der Waals surface area (Å²) >= 11 is 1.87. The fourth-order valence-corrected chi connectivity index (χ4v) is 3.74. The molecule has 0 radical (unpaired) electrons. The average Bonchev–Trinajstić information content (AvgIpc) is 3.09. The molecule has 0 saturated carbocycles. The zero-order chi connectivity index (χ0) is 15.5. The summed E-state index contributed by atoms with van der Waals surface area (Å²) in [5, 5.41) is 10.3. The van der Waals surface area contributed by atoms with Gasteiger partial charge in [0, 0.05) is 11.1 Å². The van der Waals surface area contributed by atoms with Crippen LogP contribution in [0.25, 0.3) is 10.9 Å². The van der Waals surface area contributed by atoms with Gasteiger partial charge in [-0.25, -0.2) is 0 Å². The number of nitrogen functional groups attached to an aromatic ring is 1. The summed E-state index contributed by atoms with van der Waals surface area (Å²) in [4.78, 5) is 0. The van der Waals surface area contributed by atoms with Crippen molar-refractivity contribution in [3.8, 4) is 5.75 Å². The van der Waals surface area contributed by atoms with Crippen LogP contribution in [0.5, 0.6) is 5.75 Å². The molecule has 1 aromatic carbocycles. The Morgan fingerprint density at radius 2 is 2.32 bits per heavy atom. The molecule has 22 heavy (non-hydrogen) atoms. The van der Waals surface area contributed by atoms with Crippen molar-refractivity contribution in [3.05, 3.63) is 29.2 Å². The van der Waals surface area contributed by atoms with Gasteiger partial charge in [0.15, 0.2) is 5.82 Å². The van der Waals surface area contributed by atoms with E-state index in [0.717, 1.165) is 29.5 Å². The summed E-state index contributed by atoms with van der Waals surface area (Å²) in [7, 11) is 0. The maximum Gasteiger partial charge on any atom is 0.153 e. The van der Waals surface area contributed by atoms with Crippen LogP contribution < -0.4 is 10.5 Å². The zero-order valence-corrected chi connectivity index (χ0v) is 14.0. The van der Waals surface area contributed by atoms with E-state index in [1.54, 1.807) is 0 Å². The number of thioether (sulfide) groups is 1. The van der Waals surface area contributed by atoms with E-state index in [0.29, 0.717) is 24.3 Å². The number of fused-ring (bicyclic) bond motifs is 1. The van der Waals surface area contributed by atoms with Gasteiger partial charge in [-0.1, -0.05) is 19.9 Å². The minimum atomic E-state index is 0.542. The number of nitrogens with zero attached hydrogens (tertiary/aromatic N) is 1. The normalized spacial score (nSPS) is 17.7. The van der Waals surface area contributed by atoms with Crippen LogP contribution in [0.2, 0.25) is 0 Å². The Hall–Kier alpha value is -1.62. The number of aromatic nitrogens is 2. The first-order chi connectivity index (χ1) is 10.6. The smallest absolute Gasteiger partial charge is 0.153 e. The molecule has 1 unspecified atom stereocenters. The van der Waals surface area contributed by atoms with E-state index in [-0.39, 0.29) is 0 Å². The Morgan fingerprint density at radius 3 is 3.05 bits per heavy atom. The topological polar surface area (TPSA) is 63.9 Å². The van der Waals surface area contributed by atoms with Gasteiger partial charge in [0.05, 0.1) is 6.61 Å². The Kier molecular flexibility index (Phi) is 4.62. The molecule has 0 aliphatic carbocycles. The molecule has 0 fully saturated rings. The molecule has 2 heterocycles. The number of nitrogens with one attached hydrogen (secondary N) is 1. The van der Waals surface area contributed by atoms with E-state index in [4.69, 9.17) is 10.5 Å². The van der Waals surface area contributed by atoms with Crippen molar-refractivity contribution < 1.29 is 4.74 Å². The largest absolute Gasteiger partial charge is 0.491 e. The fourth-order valence-electron chi connectivity index (χ4n) is 2.77. The van der Waals surface area contributed by atoms with Crippen molar-refractivity contribution in [2.75, 3.05) is 18.1 Å². The first-order valence-corrected chi connectivity index (χ1v) is 8.86. The number of rotatable bonds is 6. The third kappa shape index (κ3) is 3.40. The maximum absolute atomic E-state index is 6.05. The van der Waals surface area contributed by atoms with E-state index < -0.39 is 0 Å². The first kappa shape index (κ1) is 15.3. The summed E-state index contributed by atoms with van der Waals surface area (Å²) in [6, 6.07) is 4.25. The maximum atomic E-state index is 6.05. The second-order valence-electron chi connectivity index (χ2n) is 6.28. The second kappa shape index (κ2) is 6.65. The molecule has 2 aromatic rings. The van der Waals surface area contributed by atoms with Crippen LogP contribution in [0.1, 0.15) is 25.8 Å². The summed E-state index contributed by atoms with van der Waals surface area (Å²) in [5.74, 6) is 3.81. The van der Waals surface area contributed by atoms with Gasteiger partial charge in [0.25, 0.3) is 0 Å². The van der Waals surface area contributed by atoms with E-state index in [1.165, 1.54) is 11.3 Å². The van der Waals surface area contributed by atoms with Gasteiger partial charge >= 0.3 is 0 Å². The number of allylic oxidation sites excluding steroid dienone is 1. The quantitative estimate of drug-likeness (QED) is 0.845. The molecule has 3 N–H and O–H groups in total. The number of ether oxygens (including phenoxy) is 1. The molecule has 118 valence electrons. The number of aromatic amines is 1. The standard InChI is InChI=1S/C17H23N3OS/c1-11(2)7-13-8-14-16(19-20-17(14)18)15(9-13)21-5-3-12-4-6-22-10-12/h4,6,8-9,11-12H,3,5,7,10H2,1-2H3,(H3,18,19,20). The Balaban J connectivity index is 1.78. The lowest BCUT2D eigenvalue weighted by atomic mass is 10.0. The summed E-state index contributed by atoms with van der Waals surface area (Å²) in [6.07, 6.45) is 4.33. The number of hydrogen-bond acceptors (Lipinski definition) is 4. The molecular formula is C17H23N3OS. The zero-order valence-electron chi connectivity index (χ0n) is 13.1. The van der Waals surface area contributed by atoms with Crippen molar-refractivity contribution in [1.29, 1.82) is 0 Å². The van der Waals surface area contributed by atoms with Crippen molar-refractivity contribution in [1.82, 2.24) is 10.2 Å². The van der Waals surface area contributed by atoms with E-state index in [9.17, 15) is 0 Å². The molecule has 5 heteroatoms. The number of hydrogen-bond donors (Lipinski definition) is 2. The van der Waals surface area contributed by atoms with Gasteiger partial charge in [-0.15, -0.1) is 11.8 Å². The van der Waals surface area contributed by atoms with E-state index in [2.05, 4.69) is 47.7 Å². The summed E-state index contributed by atoms with van der Waals surface area (Å²) in [5.41, 5.74) is 8.12. The molecular weight excluding hydrogens is 294 g/mol. The van der Waals surface area contributed by atoms with Crippen molar-refractivity contribution in [2.24, 2.45) is 11.8 Å². The van der Waals surface area contributed by atoms with Crippen LogP contribution in [0.3, 0.4) is 0 Å². The van der Waals surface area contributed by atoms with Crippen LogP contribution in [0.4, 0.5) is 5.82 Å². The van der Waals surface area contributed by atoms with Crippen LogP contribution in [0, 0.1) is 11.8 Å². The monoisotopic (exact) mass is 317 g/mol. The number of nitrogens with two attached hydrogens (primary N) is 1. The highest BCUT2D eigenvalue weighted by Gasteiger charge is 2.13. The second-order valence-corrected chi connectivity index (χ2v) is 7.22. The van der Waals surface area contributed by atoms with Gasteiger partial charge in [-0.05, 0) is 47.8 Å². The molecule has 1 aliphatic rings. The van der Waals surface area contributed by atoms with Crippen LogP contribution in [0.15, 0.2) is 23.6 Å². The van der Waals surface area contributed by atoms with Gasteiger partial charge in [0.1, 0.15) is 11.3 Å². The van der Waals surface area contributed by atoms with Gasteiger partial charge in [0.2, 0.25) is 0 Å². The van der Waals surface area contributed by atoms with Crippen molar-refractivity contribution in [3.63, 3.8) is 0 Å². The molecule has 0 saturated heterocycles. The Morgan fingerprint density at radius 1 is 1.45 bits per heavy atom. The molecule has 1 atom stereocenters. The third-order valence-electron chi connectivity index (χ3n) is 3.87. The molecule has 1 aromatic heterocycles. The van der Waals surface area contributed by atoms with Crippen molar-refractivity contribution >= 4 is 28.5 Å². The molecule has 0 bridgehead atoms.